The molecule has 0 aliphatic carbocycles. The summed E-state index contributed by atoms with van der Waals surface area (Å²) in [6.45, 7) is 5.92. The molecular weight excluding hydrogens is 218 g/mol. The van der Waals surface area contributed by atoms with Crippen LogP contribution in [0.4, 0.5) is 0 Å². The molecule has 0 spiro atoms. The molecule has 0 N–H and O–H groups in total. The highest BCUT2D eigenvalue weighted by Gasteiger charge is 2.26. The van der Waals surface area contributed by atoms with Gasteiger partial charge in [0.1, 0.15) is 5.69 Å². The number of aromatic nitrogens is 2. The van der Waals surface area contributed by atoms with Crippen LogP contribution < -0.4 is 0 Å². The first-order valence-electron chi connectivity index (χ1n) is 6.02. The van der Waals surface area contributed by atoms with Crippen molar-refractivity contribution < 1.29 is 9.53 Å². The fourth-order valence-electron chi connectivity index (χ4n) is 2.15. The molecule has 1 aromatic heterocycles. The molecule has 0 bridgehead atoms. The molecule has 2 rings (SSSR count). The van der Waals surface area contributed by atoms with Crippen LogP contribution in [0.2, 0.25) is 0 Å². The summed E-state index contributed by atoms with van der Waals surface area (Å²) in [5.41, 5.74) is 1.47. The topological polar surface area (TPSA) is 47.4 Å². The molecule has 1 aliphatic rings. The van der Waals surface area contributed by atoms with Crippen LogP contribution in [0.1, 0.15) is 29.5 Å². The Morgan fingerprint density at radius 2 is 2.41 bits per heavy atom. The molecule has 0 radical (unpaired) electrons. The van der Waals surface area contributed by atoms with Gasteiger partial charge in [-0.15, -0.1) is 0 Å². The van der Waals surface area contributed by atoms with Gasteiger partial charge in [-0.3, -0.25) is 4.79 Å². The number of hydrogen-bond donors (Lipinski definition) is 0. The van der Waals surface area contributed by atoms with Crippen molar-refractivity contribution in [1.82, 2.24) is 14.5 Å². The van der Waals surface area contributed by atoms with Crippen LogP contribution in [0.15, 0.2) is 6.33 Å². The van der Waals surface area contributed by atoms with Gasteiger partial charge in [0.05, 0.1) is 24.7 Å². The lowest BCUT2D eigenvalue weighted by Crippen LogP contribution is -2.46. The van der Waals surface area contributed by atoms with Crippen molar-refractivity contribution in [3.05, 3.63) is 17.7 Å². The van der Waals surface area contributed by atoms with E-state index in [1.165, 1.54) is 0 Å². The van der Waals surface area contributed by atoms with Gasteiger partial charge in [0.15, 0.2) is 0 Å². The Labute approximate surface area is 101 Å². The molecule has 2 heterocycles. The van der Waals surface area contributed by atoms with E-state index >= 15 is 0 Å². The van der Waals surface area contributed by atoms with E-state index in [-0.39, 0.29) is 12.0 Å². The zero-order valence-electron chi connectivity index (χ0n) is 10.6. The van der Waals surface area contributed by atoms with Crippen LogP contribution in [0.25, 0.3) is 0 Å². The standard InChI is InChI=1S/C12H19N3O2/c1-4-10-7-15(5-6-17-10)12(16)11-9(2)13-8-14(11)3/h8,10H,4-7H2,1-3H3/t10-/m1/s1. The smallest absolute Gasteiger partial charge is 0.272 e. The second-order valence-electron chi connectivity index (χ2n) is 4.44. The van der Waals surface area contributed by atoms with Gasteiger partial charge in [-0.2, -0.15) is 0 Å². The minimum atomic E-state index is 0.0595. The largest absolute Gasteiger partial charge is 0.375 e. The quantitative estimate of drug-likeness (QED) is 0.770. The van der Waals surface area contributed by atoms with Gasteiger partial charge in [-0.1, -0.05) is 6.92 Å². The SMILES string of the molecule is CC[C@@H]1CN(C(=O)c2c(C)ncn2C)CCO1. The minimum absolute atomic E-state index is 0.0595. The van der Waals surface area contributed by atoms with E-state index in [4.69, 9.17) is 4.74 Å². The van der Waals surface area contributed by atoms with E-state index in [1.54, 1.807) is 10.9 Å². The summed E-state index contributed by atoms with van der Waals surface area (Å²) >= 11 is 0. The Morgan fingerprint density at radius 1 is 1.65 bits per heavy atom. The van der Waals surface area contributed by atoms with E-state index < -0.39 is 0 Å². The maximum Gasteiger partial charge on any atom is 0.272 e. The summed E-state index contributed by atoms with van der Waals surface area (Å²) in [5.74, 6) is 0.0595. The number of imidazole rings is 1. The number of hydrogen-bond acceptors (Lipinski definition) is 3. The first-order valence-corrected chi connectivity index (χ1v) is 6.02. The summed E-state index contributed by atoms with van der Waals surface area (Å²) in [6.07, 6.45) is 2.79. The third-order valence-electron chi connectivity index (χ3n) is 3.20. The van der Waals surface area contributed by atoms with Gasteiger partial charge in [-0.05, 0) is 13.3 Å². The van der Waals surface area contributed by atoms with Gasteiger partial charge in [0.2, 0.25) is 0 Å². The first-order chi connectivity index (χ1) is 8.13. The predicted octanol–water partition coefficient (Wildman–Crippen LogP) is 0.980. The highest BCUT2D eigenvalue weighted by Crippen LogP contribution is 2.14. The van der Waals surface area contributed by atoms with Crippen LogP contribution in [0.5, 0.6) is 0 Å². The first kappa shape index (κ1) is 12.1. The van der Waals surface area contributed by atoms with Crippen molar-refractivity contribution in [2.24, 2.45) is 7.05 Å². The number of amides is 1. The minimum Gasteiger partial charge on any atom is -0.375 e. The van der Waals surface area contributed by atoms with Gasteiger partial charge in [0, 0.05) is 20.1 Å². The molecule has 0 aromatic carbocycles. The molecule has 17 heavy (non-hydrogen) atoms. The second-order valence-corrected chi connectivity index (χ2v) is 4.44. The van der Waals surface area contributed by atoms with E-state index in [9.17, 15) is 4.79 Å². The number of ether oxygens (including phenoxy) is 1. The van der Waals surface area contributed by atoms with Gasteiger partial charge in [-0.25, -0.2) is 4.98 Å². The lowest BCUT2D eigenvalue weighted by atomic mass is 10.2. The van der Waals surface area contributed by atoms with Crippen LogP contribution >= 0.6 is 0 Å². The van der Waals surface area contributed by atoms with Crippen molar-refractivity contribution >= 4 is 5.91 Å². The summed E-state index contributed by atoms with van der Waals surface area (Å²) < 4.78 is 7.35. The molecule has 1 atom stereocenters. The molecule has 0 saturated carbocycles. The molecule has 0 unspecified atom stereocenters. The van der Waals surface area contributed by atoms with Crippen molar-refractivity contribution in [3.63, 3.8) is 0 Å². The van der Waals surface area contributed by atoms with Gasteiger partial charge >= 0.3 is 0 Å². The Balaban J connectivity index is 2.15. The Morgan fingerprint density at radius 3 is 3.00 bits per heavy atom. The molecule has 1 aliphatic heterocycles. The zero-order chi connectivity index (χ0) is 12.4. The van der Waals surface area contributed by atoms with Crippen molar-refractivity contribution in [1.29, 1.82) is 0 Å². The number of nitrogens with zero attached hydrogens (tertiary/aromatic N) is 3. The van der Waals surface area contributed by atoms with Crippen molar-refractivity contribution in [2.45, 2.75) is 26.4 Å². The van der Waals surface area contributed by atoms with E-state index in [0.29, 0.717) is 25.4 Å². The molecule has 94 valence electrons. The normalized spacial score (nSPS) is 20.6. The molecule has 1 aromatic rings. The Hall–Kier alpha value is -1.36. The fourth-order valence-corrected chi connectivity index (χ4v) is 2.15. The average molecular weight is 237 g/mol. The lowest BCUT2D eigenvalue weighted by Gasteiger charge is -2.32. The lowest BCUT2D eigenvalue weighted by molar-refractivity contribution is -0.0229. The maximum absolute atomic E-state index is 12.4. The third-order valence-corrected chi connectivity index (χ3v) is 3.20. The monoisotopic (exact) mass is 237 g/mol. The zero-order valence-corrected chi connectivity index (χ0v) is 10.6. The van der Waals surface area contributed by atoms with Gasteiger partial charge in [0.25, 0.3) is 5.91 Å². The van der Waals surface area contributed by atoms with Crippen LogP contribution in [0, 0.1) is 6.92 Å². The predicted molar refractivity (Wildman–Crippen MR) is 63.9 cm³/mol. The highest BCUT2D eigenvalue weighted by atomic mass is 16.5. The van der Waals surface area contributed by atoms with Crippen molar-refractivity contribution in [2.75, 3.05) is 19.7 Å². The molecule has 5 nitrogen and oxygen atoms in total. The van der Waals surface area contributed by atoms with Crippen LogP contribution in [-0.4, -0.2) is 46.2 Å². The van der Waals surface area contributed by atoms with E-state index in [0.717, 1.165) is 12.1 Å². The van der Waals surface area contributed by atoms with Crippen LogP contribution in [-0.2, 0) is 11.8 Å². The number of morpholine rings is 1. The average Bonchev–Trinajstić information content (AvgIpc) is 2.68. The molecule has 1 amide bonds. The molecule has 1 fully saturated rings. The number of rotatable bonds is 2. The summed E-state index contributed by atoms with van der Waals surface area (Å²) in [7, 11) is 1.85. The number of carbonyl (C=O) groups excluding carboxylic acids is 1. The Bertz CT molecular complexity index is 394. The van der Waals surface area contributed by atoms with Crippen molar-refractivity contribution in [3.8, 4) is 0 Å². The fraction of sp³-hybridized carbons (Fsp3) is 0.667. The molecule has 5 heteroatoms. The number of carbonyl (C=O) groups is 1. The Kier molecular flexibility index (Phi) is 3.47. The van der Waals surface area contributed by atoms with Gasteiger partial charge < -0.3 is 14.2 Å². The third kappa shape index (κ3) is 2.34. The van der Waals surface area contributed by atoms with E-state index in [1.807, 2.05) is 18.9 Å². The highest BCUT2D eigenvalue weighted by molar-refractivity contribution is 5.93. The summed E-state index contributed by atoms with van der Waals surface area (Å²) in [5, 5.41) is 0. The number of aryl methyl sites for hydroxylation is 2. The second kappa shape index (κ2) is 4.87. The van der Waals surface area contributed by atoms with E-state index in [2.05, 4.69) is 11.9 Å². The maximum atomic E-state index is 12.4. The summed E-state index contributed by atoms with van der Waals surface area (Å²) in [6, 6.07) is 0. The van der Waals surface area contributed by atoms with Crippen LogP contribution in [0.3, 0.4) is 0 Å². The molecule has 1 saturated heterocycles. The molecular formula is C12H19N3O2. The summed E-state index contributed by atoms with van der Waals surface area (Å²) in [4.78, 5) is 18.4.